The molecule has 0 fully saturated rings. The topological polar surface area (TPSA) is 96.8 Å². The van der Waals surface area contributed by atoms with E-state index in [-0.39, 0.29) is 0 Å². The lowest BCUT2D eigenvalue weighted by atomic mass is 10.1. The number of benzene rings is 3. The van der Waals surface area contributed by atoms with Gasteiger partial charge < -0.3 is 19.9 Å². The third-order valence-corrected chi connectivity index (χ3v) is 6.59. The number of anilines is 4. The largest absolute Gasteiger partial charge is 0.495 e. The number of fused-ring (bicyclic) bond motifs is 2. The van der Waals surface area contributed by atoms with E-state index in [1.54, 1.807) is 13.3 Å². The molecule has 3 aromatic carbocycles. The molecule has 0 aliphatic rings. The first-order chi connectivity index (χ1) is 18.0. The standard InChI is InChI=1S/C28H26N8O/c1-17-20-11-10-19(16-23(20)34-36(17)3)35(2)26-13-14-29-28(33-26)32-24-15-18(9-12-25(24)37-4)27-30-21-7-5-6-8-22(21)31-27/h5-16H,1-4H3,(H,30,31)(H,29,32,33). The first-order valence-electron chi connectivity index (χ1n) is 11.9. The highest BCUT2D eigenvalue weighted by molar-refractivity contribution is 5.86. The van der Waals surface area contributed by atoms with Gasteiger partial charge in [-0.3, -0.25) is 4.68 Å². The number of nitrogens with one attached hydrogen (secondary N) is 2. The van der Waals surface area contributed by atoms with Crippen LogP contribution in [0.1, 0.15) is 5.69 Å². The lowest BCUT2D eigenvalue weighted by molar-refractivity contribution is 0.417. The third-order valence-electron chi connectivity index (χ3n) is 6.59. The molecule has 37 heavy (non-hydrogen) atoms. The Morgan fingerprint density at radius 1 is 0.973 bits per heavy atom. The average Bonchev–Trinajstić information content (AvgIpc) is 3.48. The van der Waals surface area contributed by atoms with Crippen LogP contribution in [-0.4, -0.2) is 43.9 Å². The summed E-state index contributed by atoms with van der Waals surface area (Å²) in [5, 5.41) is 9.08. The number of methoxy groups -OCH3 is 1. The monoisotopic (exact) mass is 490 g/mol. The third kappa shape index (κ3) is 4.10. The second-order valence-electron chi connectivity index (χ2n) is 8.85. The van der Waals surface area contributed by atoms with Crippen molar-refractivity contribution in [2.24, 2.45) is 7.05 Å². The number of aryl methyl sites for hydroxylation is 2. The molecule has 9 heteroatoms. The molecule has 6 rings (SSSR count). The fourth-order valence-electron chi connectivity index (χ4n) is 4.42. The Hall–Kier alpha value is -4.92. The molecule has 0 radical (unpaired) electrons. The van der Waals surface area contributed by atoms with Crippen molar-refractivity contribution in [1.82, 2.24) is 29.7 Å². The predicted molar refractivity (Wildman–Crippen MR) is 147 cm³/mol. The van der Waals surface area contributed by atoms with Crippen LogP contribution in [-0.2, 0) is 7.05 Å². The molecule has 0 saturated carbocycles. The van der Waals surface area contributed by atoms with Crippen molar-refractivity contribution in [3.63, 3.8) is 0 Å². The Labute approximate surface area is 213 Å². The van der Waals surface area contributed by atoms with E-state index in [9.17, 15) is 0 Å². The van der Waals surface area contributed by atoms with Gasteiger partial charge in [0.2, 0.25) is 5.95 Å². The van der Waals surface area contributed by atoms with Gasteiger partial charge in [0, 0.05) is 42.6 Å². The minimum Gasteiger partial charge on any atom is -0.495 e. The van der Waals surface area contributed by atoms with E-state index in [2.05, 4.69) is 45.5 Å². The summed E-state index contributed by atoms with van der Waals surface area (Å²) in [6.45, 7) is 2.07. The van der Waals surface area contributed by atoms with E-state index in [0.29, 0.717) is 11.7 Å². The number of H-pyrrole nitrogens is 1. The van der Waals surface area contributed by atoms with Crippen molar-refractivity contribution < 1.29 is 4.74 Å². The number of rotatable bonds is 6. The molecular weight excluding hydrogens is 464 g/mol. The van der Waals surface area contributed by atoms with Crippen molar-refractivity contribution in [2.45, 2.75) is 6.92 Å². The highest BCUT2D eigenvalue weighted by atomic mass is 16.5. The number of aromatic amines is 1. The van der Waals surface area contributed by atoms with Gasteiger partial charge in [0.25, 0.3) is 0 Å². The molecule has 0 atom stereocenters. The molecule has 9 nitrogen and oxygen atoms in total. The summed E-state index contributed by atoms with van der Waals surface area (Å²) in [4.78, 5) is 19.3. The predicted octanol–water partition coefficient (Wildman–Crippen LogP) is 5.74. The van der Waals surface area contributed by atoms with Gasteiger partial charge in [-0.15, -0.1) is 0 Å². The van der Waals surface area contributed by atoms with Crippen LogP contribution in [0.4, 0.5) is 23.1 Å². The summed E-state index contributed by atoms with van der Waals surface area (Å²) in [6, 6.07) is 21.9. The lowest BCUT2D eigenvalue weighted by Gasteiger charge is -2.19. The van der Waals surface area contributed by atoms with Gasteiger partial charge in [-0.05, 0) is 61.5 Å². The van der Waals surface area contributed by atoms with E-state index in [0.717, 1.165) is 56.2 Å². The minimum atomic E-state index is 0.458. The molecule has 0 aliphatic carbocycles. The zero-order valence-corrected chi connectivity index (χ0v) is 21.0. The highest BCUT2D eigenvalue weighted by Crippen LogP contribution is 2.33. The molecule has 0 saturated heterocycles. The maximum Gasteiger partial charge on any atom is 0.229 e. The molecule has 0 unspecified atom stereocenters. The highest BCUT2D eigenvalue weighted by Gasteiger charge is 2.14. The first-order valence-corrected chi connectivity index (χ1v) is 11.9. The number of hydrogen-bond acceptors (Lipinski definition) is 7. The van der Waals surface area contributed by atoms with Crippen LogP contribution in [0.2, 0.25) is 0 Å². The van der Waals surface area contributed by atoms with Gasteiger partial charge in [0.05, 0.1) is 29.3 Å². The van der Waals surface area contributed by atoms with Gasteiger partial charge in [0.15, 0.2) is 0 Å². The van der Waals surface area contributed by atoms with E-state index in [4.69, 9.17) is 14.7 Å². The molecular formula is C28H26N8O. The Morgan fingerprint density at radius 3 is 2.68 bits per heavy atom. The number of hydrogen-bond donors (Lipinski definition) is 2. The SMILES string of the molecule is COc1ccc(-c2nc3ccccc3[nH]2)cc1Nc1nccc(N(C)c2ccc3c(C)n(C)nc3c2)n1. The number of imidazole rings is 1. The molecule has 6 aromatic rings. The number of aromatic nitrogens is 6. The van der Waals surface area contributed by atoms with E-state index < -0.39 is 0 Å². The molecule has 3 heterocycles. The van der Waals surface area contributed by atoms with Gasteiger partial charge in [0.1, 0.15) is 17.4 Å². The summed E-state index contributed by atoms with van der Waals surface area (Å²) in [5.74, 6) is 2.66. The Morgan fingerprint density at radius 2 is 1.84 bits per heavy atom. The Kier molecular flexibility index (Phi) is 5.45. The molecule has 0 bridgehead atoms. The number of para-hydroxylation sites is 2. The lowest BCUT2D eigenvalue weighted by Crippen LogP contribution is -2.12. The van der Waals surface area contributed by atoms with Crippen LogP contribution in [0.5, 0.6) is 5.75 Å². The maximum atomic E-state index is 5.60. The molecule has 2 N–H and O–H groups in total. The van der Waals surface area contributed by atoms with Crippen molar-refractivity contribution in [1.29, 1.82) is 0 Å². The first kappa shape index (κ1) is 22.5. The summed E-state index contributed by atoms with van der Waals surface area (Å²) >= 11 is 0. The maximum absolute atomic E-state index is 5.60. The fourth-order valence-corrected chi connectivity index (χ4v) is 4.42. The molecule has 184 valence electrons. The van der Waals surface area contributed by atoms with Crippen LogP contribution < -0.4 is 15.0 Å². The summed E-state index contributed by atoms with van der Waals surface area (Å²) in [6.07, 6.45) is 1.74. The smallest absolute Gasteiger partial charge is 0.229 e. The Bertz CT molecular complexity index is 1720. The van der Waals surface area contributed by atoms with E-state index >= 15 is 0 Å². The second kappa shape index (κ2) is 8.94. The Balaban J connectivity index is 1.30. The summed E-state index contributed by atoms with van der Waals surface area (Å²) < 4.78 is 7.50. The van der Waals surface area contributed by atoms with Gasteiger partial charge >= 0.3 is 0 Å². The molecule has 0 aliphatic heterocycles. The van der Waals surface area contributed by atoms with E-state index in [1.165, 1.54) is 0 Å². The van der Waals surface area contributed by atoms with Gasteiger partial charge in [-0.25, -0.2) is 9.97 Å². The van der Waals surface area contributed by atoms with Crippen molar-refractivity contribution in [3.05, 3.63) is 78.6 Å². The summed E-state index contributed by atoms with van der Waals surface area (Å²) in [7, 11) is 5.58. The molecule has 0 spiro atoms. The van der Waals surface area contributed by atoms with Crippen LogP contribution in [0.15, 0.2) is 72.9 Å². The fraction of sp³-hybridized carbons (Fsp3) is 0.143. The zero-order valence-electron chi connectivity index (χ0n) is 21.0. The van der Waals surface area contributed by atoms with Crippen LogP contribution in [0, 0.1) is 6.92 Å². The molecule has 0 amide bonds. The molecule has 3 aromatic heterocycles. The average molecular weight is 491 g/mol. The van der Waals surface area contributed by atoms with Gasteiger partial charge in [-0.1, -0.05) is 12.1 Å². The summed E-state index contributed by atoms with van der Waals surface area (Å²) in [5.41, 5.74) is 6.64. The van der Waals surface area contributed by atoms with Crippen LogP contribution in [0.25, 0.3) is 33.3 Å². The zero-order chi connectivity index (χ0) is 25.5. The van der Waals surface area contributed by atoms with Crippen molar-refractivity contribution in [3.8, 4) is 17.1 Å². The van der Waals surface area contributed by atoms with Crippen LogP contribution in [0.3, 0.4) is 0 Å². The number of ether oxygens (including phenoxy) is 1. The van der Waals surface area contributed by atoms with Crippen molar-refractivity contribution in [2.75, 3.05) is 24.4 Å². The van der Waals surface area contributed by atoms with E-state index in [1.807, 2.05) is 72.2 Å². The van der Waals surface area contributed by atoms with Gasteiger partial charge in [-0.2, -0.15) is 10.1 Å². The van der Waals surface area contributed by atoms with Crippen molar-refractivity contribution >= 4 is 45.1 Å². The second-order valence-corrected chi connectivity index (χ2v) is 8.85. The van der Waals surface area contributed by atoms with Crippen LogP contribution >= 0.6 is 0 Å². The quantitative estimate of drug-likeness (QED) is 0.307. The number of nitrogens with zero attached hydrogens (tertiary/aromatic N) is 6. The minimum absolute atomic E-state index is 0.458. The normalized spacial score (nSPS) is 11.2.